The molecule has 1 amide bonds. The van der Waals surface area contributed by atoms with Gasteiger partial charge in [-0.15, -0.1) is 0 Å². The van der Waals surface area contributed by atoms with Gasteiger partial charge in [-0.1, -0.05) is 19.1 Å². The molecule has 1 aromatic carbocycles. The molecule has 0 aromatic heterocycles. The number of carbonyl (C=O) groups excluding carboxylic acids is 1. The van der Waals surface area contributed by atoms with E-state index in [2.05, 4.69) is 16.3 Å². The van der Waals surface area contributed by atoms with Crippen molar-refractivity contribution in [2.24, 2.45) is 5.92 Å². The zero-order valence-electron chi connectivity index (χ0n) is 12.5. The third-order valence-corrected chi connectivity index (χ3v) is 3.18. The summed E-state index contributed by atoms with van der Waals surface area (Å²) in [5, 5.41) is 20.6. The molecule has 0 spiro atoms. The standard InChI is InChI=1S/C16H20N4O/c1-3-20(12-13(2)10-17)9-8-16(21)19-15-7-5-4-6-14(15)11-18/h4-7,13H,3,8-9,12H2,1-2H3,(H,19,21). The summed E-state index contributed by atoms with van der Waals surface area (Å²) in [4.78, 5) is 14.0. The number of nitrogens with zero attached hydrogens (tertiary/aromatic N) is 3. The summed E-state index contributed by atoms with van der Waals surface area (Å²) >= 11 is 0. The van der Waals surface area contributed by atoms with E-state index in [0.717, 1.165) is 6.54 Å². The van der Waals surface area contributed by atoms with E-state index in [9.17, 15) is 4.79 Å². The number of rotatable bonds is 7. The van der Waals surface area contributed by atoms with Crippen molar-refractivity contribution in [1.29, 1.82) is 10.5 Å². The van der Waals surface area contributed by atoms with Gasteiger partial charge in [-0.05, 0) is 25.6 Å². The lowest BCUT2D eigenvalue weighted by Gasteiger charge is -2.21. The second kappa shape index (κ2) is 8.73. The summed E-state index contributed by atoms with van der Waals surface area (Å²) in [7, 11) is 0. The van der Waals surface area contributed by atoms with Crippen LogP contribution in [0.25, 0.3) is 0 Å². The van der Waals surface area contributed by atoms with E-state index in [1.54, 1.807) is 24.3 Å². The third-order valence-electron chi connectivity index (χ3n) is 3.18. The van der Waals surface area contributed by atoms with E-state index in [-0.39, 0.29) is 11.8 Å². The molecule has 1 rings (SSSR count). The predicted molar refractivity (Wildman–Crippen MR) is 81.3 cm³/mol. The Kier molecular flexibility index (Phi) is 6.94. The molecule has 0 aliphatic carbocycles. The van der Waals surface area contributed by atoms with Gasteiger partial charge in [-0.3, -0.25) is 4.79 Å². The molecule has 1 atom stereocenters. The van der Waals surface area contributed by atoms with Gasteiger partial charge >= 0.3 is 0 Å². The summed E-state index contributed by atoms with van der Waals surface area (Å²) in [6.07, 6.45) is 0.339. The van der Waals surface area contributed by atoms with E-state index in [1.165, 1.54) is 0 Å². The first-order valence-electron chi connectivity index (χ1n) is 7.01. The number of amides is 1. The molecule has 0 saturated heterocycles. The predicted octanol–water partition coefficient (Wildman–Crippen LogP) is 2.37. The van der Waals surface area contributed by atoms with Crippen LogP contribution in [0.5, 0.6) is 0 Å². The third kappa shape index (κ3) is 5.64. The number of carbonyl (C=O) groups is 1. The highest BCUT2D eigenvalue weighted by molar-refractivity contribution is 5.92. The summed E-state index contributed by atoms with van der Waals surface area (Å²) in [5.74, 6) is -0.173. The molecule has 0 saturated carbocycles. The lowest BCUT2D eigenvalue weighted by atomic mass is 10.2. The van der Waals surface area contributed by atoms with Crippen LogP contribution in [0.3, 0.4) is 0 Å². The molecule has 1 unspecified atom stereocenters. The van der Waals surface area contributed by atoms with Crippen molar-refractivity contribution in [3.05, 3.63) is 29.8 Å². The quantitative estimate of drug-likeness (QED) is 0.833. The van der Waals surface area contributed by atoms with Gasteiger partial charge in [0.1, 0.15) is 6.07 Å². The van der Waals surface area contributed by atoms with Crippen LogP contribution in [0, 0.1) is 28.6 Å². The van der Waals surface area contributed by atoms with Gasteiger partial charge in [0.15, 0.2) is 0 Å². The van der Waals surface area contributed by atoms with Crippen LogP contribution < -0.4 is 5.32 Å². The minimum absolute atomic E-state index is 0.0488. The van der Waals surface area contributed by atoms with E-state index >= 15 is 0 Å². The molecule has 0 fully saturated rings. The van der Waals surface area contributed by atoms with E-state index in [1.807, 2.05) is 19.9 Å². The second-order valence-electron chi connectivity index (χ2n) is 4.88. The number of hydrogen-bond acceptors (Lipinski definition) is 4. The highest BCUT2D eigenvalue weighted by Crippen LogP contribution is 2.13. The molecular formula is C16H20N4O. The van der Waals surface area contributed by atoms with Crippen molar-refractivity contribution >= 4 is 11.6 Å². The molecule has 0 bridgehead atoms. The topological polar surface area (TPSA) is 79.9 Å². The summed E-state index contributed by atoms with van der Waals surface area (Å²) < 4.78 is 0. The van der Waals surface area contributed by atoms with Gasteiger partial charge in [0.2, 0.25) is 5.91 Å². The summed E-state index contributed by atoms with van der Waals surface area (Å²) in [6, 6.07) is 11.2. The summed E-state index contributed by atoms with van der Waals surface area (Å²) in [6.45, 7) is 5.94. The molecule has 5 heteroatoms. The van der Waals surface area contributed by atoms with Crippen molar-refractivity contribution in [3.63, 3.8) is 0 Å². The van der Waals surface area contributed by atoms with Crippen LogP contribution >= 0.6 is 0 Å². The van der Waals surface area contributed by atoms with Crippen LogP contribution in [-0.2, 0) is 4.79 Å². The minimum atomic E-state index is -0.124. The lowest BCUT2D eigenvalue weighted by molar-refractivity contribution is -0.116. The molecule has 5 nitrogen and oxygen atoms in total. The number of nitrogens with one attached hydrogen (secondary N) is 1. The van der Waals surface area contributed by atoms with Crippen LogP contribution in [0.15, 0.2) is 24.3 Å². The Hall–Kier alpha value is -2.37. The Bertz CT molecular complexity index is 556. The Morgan fingerprint density at radius 3 is 2.71 bits per heavy atom. The van der Waals surface area contributed by atoms with Crippen molar-refractivity contribution in [2.45, 2.75) is 20.3 Å². The Labute approximate surface area is 125 Å². The Morgan fingerprint density at radius 2 is 2.10 bits per heavy atom. The maximum absolute atomic E-state index is 11.9. The maximum atomic E-state index is 11.9. The van der Waals surface area contributed by atoms with Gasteiger partial charge in [0, 0.05) is 19.5 Å². The maximum Gasteiger partial charge on any atom is 0.225 e. The van der Waals surface area contributed by atoms with Crippen LogP contribution in [-0.4, -0.2) is 30.4 Å². The number of anilines is 1. The highest BCUT2D eigenvalue weighted by Gasteiger charge is 2.11. The first-order chi connectivity index (χ1) is 10.1. The smallest absolute Gasteiger partial charge is 0.225 e. The molecule has 0 aliphatic heterocycles. The SMILES string of the molecule is CCN(CCC(=O)Nc1ccccc1C#N)CC(C)C#N. The normalized spacial score (nSPS) is 11.5. The summed E-state index contributed by atoms with van der Waals surface area (Å²) in [5.41, 5.74) is 0.995. The first-order valence-corrected chi connectivity index (χ1v) is 7.01. The Morgan fingerprint density at radius 1 is 1.38 bits per heavy atom. The molecule has 0 radical (unpaired) electrons. The van der Waals surface area contributed by atoms with E-state index in [4.69, 9.17) is 10.5 Å². The van der Waals surface area contributed by atoms with Crippen LogP contribution in [0.4, 0.5) is 5.69 Å². The van der Waals surface area contributed by atoms with Gasteiger partial charge in [-0.2, -0.15) is 10.5 Å². The van der Waals surface area contributed by atoms with E-state index in [0.29, 0.717) is 30.8 Å². The molecule has 1 N–H and O–H groups in total. The number of nitriles is 2. The zero-order valence-corrected chi connectivity index (χ0v) is 12.5. The van der Waals surface area contributed by atoms with Gasteiger partial charge in [0.05, 0.1) is 23.2 Å². The second-order valence-corrected chi connectivity index (χ2v) is 4.88. The molecule has 1 aromatic rings. The number of benzene rings is 1. The largest absolute Gasteiger partial charge is 0.325 e. The number of para-hydroxylation sites is 1. The highest BCUT2D eigenvalue weighted by atomic mass is 16.1. The van der Waals surface area contributed by atoms with Crippen molar-refractivity contribution in [1.82, 2.24) is 4.90 Å². The zero-order chi connectivity index (χ0) is 15.7. The molecule has 21 heavy (non-hydrogen) atoms. The average molecular weight is 284 g/mol. The molecule has 0 aliphatic rings. The first kappa shape index (κ1) is 16.7. The van der Waals surface area contributed by atoms with Gasteiger partial charge < -0.3 is 10.2 Å². The Balaban J connectivity index is 2.50. The van der Waals surface area contributed by atoms with Gasteiger partial charge in [0.25, 0.3) is 0 Å². The minimum Gasteiger partial charge on any atom is -0.325 e. The van der Waals surface area contributed by atoms with E-state index < -0.39 is 0 Å². The van der Waals surface area contributed by atoms with Crippen molar-refractivity contribution < 1.29 is 4.79 Å². The lowest BCUT2D eigenvalue weighted by Crippen LogP contribution is -2.31. The fraction of sp³-hybridized carbons (Fsp3) is 0.438. The number of hydrogen-bond donors (Lipinski definition) is 1. The molecule has 110 valence electrons. The fourth-order valence-electron chi connectivity index (χ4n) is 1.97. The van der Waals surface area contributed by atoms with Crippen molar-refractivity contribution in [2.75, 3.05) is 25.0 Å². The molecule has 0 heterocycles. The fourth-order valence-corrected chi connectivity index (χ4v) is 1.97. The van der Waals surface area contributed by atoms with Crippen LogP contribution in [0.2, 0.25) is 0 Å². The van der Waals surface area contributed by atoms with Crippen molar-refractivity contribution in [3.8, 4) is 12.1 Å². The monoisotopic (exact) mass is 284 g/mol. The molecular weight excluding hydrogens is 264 g/mol. The average Bonchev–Trinajstić information content (AvgIpc) is 2.51. The van der Waals surface area contributed by atoms with Gasteiger partial charge in [-0.25, -0.2) is 0 Å². The van der Waals surface area contributed by atoms with Crippen LogP contribution in [0.1, 0.15) is 25.8 Å².